The molecular weight excluding hydrogens is 103 g/mol. The van der Waals surface area contributed by atoms with Crippen molar-refractivity contribution in [2.24, 2.45) is 5.89 Å². The molecule has 2 atom stereocenters. The Bertz CT molecular complexity index is 204. The minimum Gasteiger partial charge on any atom is -0.244 e. The van der Waals surface area contributed by atoms with Crippen LogP contribution in [0.4, 0.5) is 4.39 Å². The lowest BCUT2D eigenvalue weighted by molar-refractivity contribution is 0.194. The Hall–Kier alpha value is -0.0700. The van der Waals surface area contributed by atoms with Crippen LogP contribution in [0.15, 0.2) is 0 Å². The lowest BCUT2D eigenvalue weighted by atomic mass is 10.1. The Labute approximate surface area is 59.9 Å². The van der Waals surface area contributed by atoms with Crippen molar-refractivity contribution in [2.45, 2.75) is 38.6 Å². The molecule has 0 saturated heterocycles. The van der Waals surface area contributed by atoms with Crippen LogP contribution in [0.5, 0.6) is 0 Å². The van der Waals surface area contributed by atoms with Crippen LogP contribution < -0.4 is 0 Å². The Morgan fingerprint density at radius 2 is 2.62 bits per heavy atom. The molecule has 0 aliphatic heterocycles. The van der Waals surface area contributed by atoms with E-state index < -0.39 is 30.7 Å². The second-order valence-corrected chi connectivity index (χ2v) is 2.00. The van der Waals surface area contributed by atoms with E-state index in [-0.39, 0.29) is 0 Å². The van der Waals surface area contributed by atoms with Gasteiger partial charge in [-0.3, -0.25) is 0 Å². The van der Waals surface area contributed by atoms with Gasteiger partial charge >= 0.3 is 0 Å². The molecule has 0 heterocycles. The van der Waals surface area contributed by atoms with E-state index in [2.05, 4.69) is 0 Å². The van der Waals surface area contributed by atoms with Crippen molar-refractivity contribution in [3.63, 3.8) is 0 Å². The highest BCUT2D eigenvalue weighted by Gasteiger charge is 2.32. The van der Waals surface area contributed by atoms with Gasteiger partial charge in [0.05, 0.1) is 0 Å². The van der Waals surface area contributed by atoms with Gasteiger partial charge in [0.2, 0.25) is 0 Å². The summed E-state index contributed by atoms with van der Waals surface area (Å²) in [7, 11) is 0. The SMILES string of the molecule is [2H]C1([2H])C(C)(F)C([2H])([2H])[C@]([2H])(C)C1([2H])[2H]. The van der Waals surface area contributed by atoms with Gasteiger partial charge in [-0.25, -0.2) is 4.39 Å². The number of hydrogen-bond acceptors (Lipinski definition) is 0. The zero-order chi connectivity index (χ0) is 12.5. The molecule has 1 aliphatic carbocycles. The van der Waals surface area contributed by atoms with Crippen molar-refractivity contribution < 1.29 is 14.0 Å². The molecule has 1 aliphatic rings. The molecule has 48 valence electrons. The topological polar surface area (TPSA) is 0 Å². The quantitative estimate of drug-likeness (QED) is 0.464. The first kappa shape index (κ1) is 1.71. The minimum atomic E-state index is -3.04. The summed E-state index contributed by atoms with van der Waals surface area (Å²) < 4.78 is 66.0. The Balaban J connectivity index is 3.55. The molecule has 1 heteroatoms. The Morgan fingerprint density at radius 1 is 2.00 bits per heavy atom. The van der Waals surface area contributed by atoms with Gasteiger partial charge in [0, 0.05) is 9.60 Å². The van der Waals surface area contributed by atoms with E-state index in [0.717, 1.165) is 6.92 Å². The first-order valence-electron chi connectivity index (χ1n) is 5.94. The first-order valence-corrected chi connectivity index (χ1v) is 2.44. The average molecular weight is 123 g/mol. The summed E-state index contributed by atoms with van der Waals surface area (Å²) in [5, 5.41) is 0. The van der Waals surface area contributed by atoms with E-state index in [1.165, 1.54) is 0 Å². The molecule has 1 rings (SSSR count). The van der Waals surface area contributed by atoms with E-state index in [0.29, 0.717) is 6.92 Å². The van der Waals surface area contributed by atoms with Gasteiger partial charge in [0.25, 0.3) is 0 Å². The van der Waals surface area contributed by atoms with Crippen LogP contribution >= 0.6 is 0 Å². The summed E-state index contributed by atoms with van der Waals surface area (Å²) in [5.74, 6) is -2.48. The molecule has 1 unspecified atom stereocenters. The van der Waals surface area contributed by atoms with Crippen LogP contribution in [0.25, 0.3) is 0 Å². The molecule has 0 aromatic heterocycles. The summed E-state index contributed by atoms with van der Waals surface area (Å²) in [5.41, 5.74) is -3.04. The Kier molecular flexibility index (Phi) is 0.366. The monoisotopic (exact) mass is 123 g/mol. The van der Waals surface area contributed by atoms with E-state index in [4.69, 9.17) is 9.60 Å². The van der Waals surface area contributed by atoms with Gasteiger partial charge in [0.15, 0.2) is 0 Å². The van der Waals surface area contributed by atoms with Crippen molar-refractivity contribution in [1.82, 2.24) is 0 Å². The third-order valence-electron chi connectivity index (χ3n) is 0.907. The molecular formula is C7H13F. The molecule has 0 N–H and O–H groups in total. The maximum absolute atomic E-state index is 14.0. The van der Waals surface area contributed by atoms with Crippen LogP contribution in [0.2, 0.25) is 0 Å². The van der Waals surface area contributed by atoms with Crippen molar-refractivity contribution in [2.75, 3.05) is 0 Å². The molecule has 8 heavy (non-hydrogen) atoms. The van der Waals surface area contributed by atoms with Crippen LogP contribution in [0.1, 0.15) is 42.6 Å². The summed E-state index contributed by atoms with van der Waals surface area (Å²) in [4.78, 5) is 0. The number of hydrogen-bond donors (Lipinski definition) is 0. The number of rotatable bonds is 0. The van der Waals surface area contributed by atoms with E-state index in [9.17, 15) is 4.39 Å². The summed E-state index contributed by atoms with van der Waals surface area (Å²) in [6.07, 6.45) is -8.83. The molecule has 0 bridgehead atoms. The molecule has 0 amide bonds. The van der Waals surface area contributed by atoms with Crippen molar-refractivity contribution in [3.8, 4) is 0 Å². The largest absolute Gasteiger partial charge is 0.244 e. The van der Waals surface area contributed by atoms with Crippen LogP contribution in [0.3, 0.4) is 0 Å². The summed E-state index contributed by atoms with van der Waals surface area (Å²) >= 11 is 0. The fourth-order valence-corrected chi connectivity index (χ4v) is 0.626. The normalized spacial score (nSPS) is 88.6. The van der Waals surface area contributed by atoms with Gasteiger partial charge in [-0.15, -0.1) is 0 Å². The molecule has 0 aromatic rings. The molecule has 0 nitrogen and oxygen atoms in total. The maximum atomic E-state index is 14.0. The van der Waals surface area contributed by atoms with Gasteiger partial charge in [-0.1, -0.05) is 6.92 Å². The zero-order valence-corrected chi connectivity index (χ0v) is 4.88. The Morgan fingerprint density at radius 3 is 2.75 bits per heavy atom. The number of halogens is 1. The van der Waals surface area contributed by atoms with Gasteiger partial charge in [-0.2, -0.15) is 0 Å². The summed E-state index contributed by atoms with van der Waals surface area (Å²) in [6.45, 7) is 1.56. The molecule has 1 saturated carbocycles. The molecule has 0 spiro atoms. The van der Waals surface area contributed by atoms with Crippen LogP contribution in [0, 0.1) is 5.89 Å². The molecule has 1 fully saturated rings. The van der Waals surface area contributed by atoms with Gasteiger partial charge in [-0.05, 0) is 31.9 Å². The lowest BCUT2D eigenvalue weighted by Crippen LogP contribution is -2.10. The second kappa shape index (κ2) is 1.71. The second-order valence-electron chi connectivity index (χ2n) is 2.00. The van der Waals surface area contributed by atoms with E-state index in [1.54, 1.807) is 0 Å². The van der Waals surface area contributed by atoms with Crippen LogP contribution in [-0.2, 0) is 0 Å². The smallest absolute Gasteiger partial charge is 0.108 e. The predicted molar refractivity (Wildman–Crippen MR) is 32.5 cm³/mol. The van der Waals surface area contributed by atoms with Gasteiger partial charge in [0.1, 0.15) is 5.67 Å². The molecule has 0 aromatic carbocycles. The minimum absolute atomic E-state index is 0.671. The third kappa shape index (κ3) is 1.21. The highest BCUT2D eigenvalue weighted by atomic mass is 19.1. The average Bonchev–Trinajstić information content (AvgIpc) is 2.04. The van der Waals surface area contributed by atoms with Gasteiger partial charge < -0.3 is 0 Å². The van der Waals surface area contributed by atoms with Crippen LogP contribution in [-0.4, -0.2) is 5.67 Å². The highest BCUT2D eigenvalue weighted by Crippen LogP contribution is 2.36. The van der Waals surface area contributed by atoms with Crippen molar-refractivity contribution in [3.05, 3.63) is 0 Å². The lowest BCUT2D eigenvalue weighted by Gasteiger charge is -2.09. The highest BCUT2D eigenvalue weighted by molar-refractivity contribution is 4.83. The molecule has 0 radical (unpaired) electrons. The predicted octanol–water partition coefficient (Wildman–Crippen LogP) is 2.53. The van der Waals surface area contributed by atoms with Crippen molar-refractivity contribution in [1.29, 1.82) is 0 Å². The first-order chi connectivity index (χ1) is 6.25. The third-order valence-corrected chi connectivity index (χ3v) is 0.907. The van der Waals surface area contributed by atoms with E-state index >= 15 is 0 Å². The van der Waals surface area contributed by atoms with E-state index in [1.807, 2.05) is 0 Å². The maximum Gasteiger partial charge on any atom is 0.108 e. The fourth-order valence-electron chi connectivity index (χ4n) is 0.626. The zero-order valence-electron chi connectivity index (χ0n) is 11.9. The number of alkyl halides is 1. The fraction of sp³-hybridized carbons (Fsp3) is 1.00. The van der Waals surface area contributed by atoms with Crippen molar-refractivity contribution >= 4 is 0 Å². The standard InChI is InChI=1S/C7H13F/c1-6-3-4-7(2,8)5-6/h6H,3-5H2,1-2H3/t6-,7?/m1/s1/i3D2,4D2,5D2,6D. The summed E-state index contributed by atoms with van der Waals surface area (Å²) in [6, 6.07) is 0.